The lowest BCUT2D eigenvalue weighted by molar-refractivity contribution is -0.148. The highest BCUT2D eigenvalue weighted by atomic mass is 32.2. The Bertz CT molecular complexity index is 741. The molecule has 2 atom stereocenters. The number of ether oxygens (including phenoxy) is 1. The molecule has 124 valence electrons. The molecular formula is C16H15N3O4S. The topological polar surface area (TPSA) is 120 Å². The number of hydrogen-bond acceptors (Lipinski definition) is 7. The summed E-state index contributed by atoms with van der Waals surface area (Å²) in [5.74, 6) is -2.86. The predicted molar refractivity (Wildman–Crippen MR) is 87.8 cm³/mol. The van der Waals surface area contributed by atoms with Crippen molar-refractivity contribution in [2.75, 3.05) is 11.9 Å². The normalized spacial score (nSPS) is 17.0. The van der Waals surface area contributed by atoms with Gasteiger partial charge in [-0.3, -0.25) is 14.4 Å². The van der Waals surface area contributed by atoms with Crippen molar-refractivity contribution in [3.05, 3.63) is 24.3 Å². The van der Waals surface area contributed by atoms with Gasteiger partial charge in [0, 0.05) is 10.6 Å². The monoisotopic (exact) mass is 345 g/mol. The second-order valence-corrected chi connectivity index (χ2v) is 6.41. The maximum absolute atomic E-state index is 12.0. The summed E-state index contributed by atoms with van der Waals surface area (Å²) in [7, 11) is 0. The molecule has 7 nitrogen and oxygen atoms in total. The number of nitriles is 1. The summed E-state index contributed by atoms with van der Waals surface area (Å²) in [5, 5.41) is 18.2. The van der Waals surface area contributed by atoms with Gasteiger partial charge < -0.3 is 15.5 Å². The number of para-hydroxylation sites is 1. The lowest BCUT2D eigenvalue weighted by atomic mass is 10.0. The Hall–Kier alpha value is -2.66. The summed E-state index contributed by atoms with van der Waals surface area (Å²) in [4.78, 5) is 36.4. The van der Waals surface area contributed by atoms with Gasteiger partial charge in [0.25, 0.3) is 0 Å². The Labute approximate surface area is 142 Å². The Morgan fingerprint density at radius 2 is 2.17 bits per heavy atom. The molecule has 0 spiro atoms. The van der Waals surface area contributed by atoms with E-state index >= 15 is 0 Å². The quantitative estimate of drug-likeness (QED) is 0.599. The third-order valence-electron chi connectivity index (χ3n) is 3.32. The highest BCUT2D eigenvalue weighted by Gasteiger charge is 2.30. The van der Waals surface area contributed by atoms with E-state index in [4.69, 9.17) is 15.4 Å². The lowest BCUT2D eigenvalue weighted by Crippen LogP contribution is -2.32. The van der Waals surface area contributed by atoms with E-state index in [1.54, 1.807) is 18.2 Å². The molecule has 24 heavy (non-hydrogen) atoms. The Morgan fingerprint density at radius 3 is 2.83 bits per heavy atom. The van der Waals surface area contributed by atoms with Crippen LogP contribution in [-0.2, 0) is 19.1 Å². The number of nitrogens with one attached hydrogen (secondary N) is 2. The number of Topliss-reactive ketones (excluding diaryl/α,β-unsaturated/α-hetero) is 1. The van der Waals surface area contributed by atoms with Crippen LogP contribution in [0.1, 0.15) is 13.3 Å². The van der Waals surface area contributed by atoms with Crippen molar-refractivity contribution in [3.8, 4) is 6.07 Å². The predicted octanol–water partition coefficient (Wildman–Crippen LogP) is 1.78. The fraction of sp³-hybridized carbons (Fsp3) is 0.312. The number of anilines is 1. The van der Waals surface area contributed by atoms with E-state index in [1.807, 2.05) is 12.1 Å². The van der Waals surface area contributed by atoms with Crippen LogP contribution >= 0.6 is 11.8 Å². The SMILES string of the molecule is CC(=N)C(C#N)C(=O)COC(=O)C[C@@H]1Sc2ccccc2NC1=O. The fourth-order valence-electron chi connectivity index (χ4n) is 2.08. The number of rotatable bonds is 6. The van der Waals surface area contributed by atoms with Gasteiger partial charge >= 0.3 is 5.97 Å². The minimum atomic E-state index is -1.21. The van der Waals surface area contributed by atoms with Crippen LogP contribution in [0, 0.1) is 22.7 Å². The van der Waals surface area contributed by atoms with Gasteiger partial charge in [0.05, 0.1) is 23.4 Å². The highest BCUT2D eigenvalue weighted by molar-refractivity contribution is 8.01. The van der Waals surface area contributed by atoms with Crippen LogP contribution in [-0.4, -0.2) is 35.2 Å². The minimum Gasteiger partial charge on any atom is -0.458 e. The number of nitrogens with zero attached hydrogens (tertiary/aromatic N) is 1. The number of fused-ring (bicyclic) bond motifs is 1. The summed E-state index contributed by atoms with van der Waals surface area (Å²) < 4.78 is 4.85. The van der Waals surface area contributed by atoms with Crippen LogP contribution in [0.3, 0.4) is 0 Å². The first-order chi connectivity index (χ1) is 11.4. The first-order valence-electron chi connectivity index (χ1n) is 7.12. The van der Waals surface area contributed by atoms with Crippen LogP contribution in [0.2, 0.25) is 0 Å². The van der Waals surface area contributed by atoms with E-state index in [0.29, 0.717) is 5.69 Å². The van der Waals surface area contributed by atoms with E-state index < -0.39 is 29.5 Å². The number of amides is 1. The van der Waals surface area contributed by atoms with Crippen molar-refractivity contribution in [1.29, 1.82) is 10.7 Å². The second kappa shape index (κ2) is 7.75. The third-order valence-corrected chi connectivity index (χ3v) is 4.59. The van der Waals surface area contributed by atoms with Gasteiger partial charge in [-0.1, -0.05) is 12.1 Å². The number of ketones is 1. The molecule has 1 aromatic rings. The van der Waals surface area contributed by atoms with Gasteiger partial charge in [0.2, 0.25) is 5.91 Å². The van der Waals surface area contributed by atoms with Crippen molar-refractivity contribution < 1.29 is 19.1 Å². The minimum absolute atomic E-state index is 0.0997. The Morgan fingerprint density at radius 1 is 1.46 bits per heavy atom. The van der Waals surface area contributed by atoms with E-state index in [2.05, 4.69) is 5.32 Å². The van der Waals surface area contributed by atoms with Crippen LogP contribution in [0.25, 0.3) is 0 Å². The van der Waals surface area contributed by atoms with Crippen LogP contribution < -0.4 is 5.32 Å². The highest BCUT2D eigenvalue weighted by Crippen LogP contribution is 2.36. The zero-order valence-corrected chi connectivity index (χ0v) is 13.7. The molecule has 8 heteroatoms. The largest absolute Gasteiger partial charge is 0.458 e. The molecule has 1 unspecified atom stereocenters. The smallest absolute Gasteiger partial charge is 0.307 e. The molecule has 2 N–H and O–H groups in total. The molecule has 0 aromatic heterocycles. The number of benzene rings is 1. The average molecular weight is 345 g/mol. The van der Waals surface area contributed by atoms with Crippen LogP contribution in [0.15, 0.2) is 29.2 Å². The van der Waals surface area contributed by atoms with Crippen molar-refractivity contribution in [2.24, 2.45) is 5.92 Å². The molecule has 1 heterocycles. The Kier molecular flexibility index (Phi) is 5.71. The van der Waals surface area contributed by atoms with Gasteiger partial charge in [-0.05, 0) is 19.1 Å². The zero-order valence-electron chi connectivity index (χ0n) is 12.9. The van der Waals surface area contributed by atoms with Crippen molar-refractivity contribution in [2.45, 2.75) is 23.5 Å². The number of thioether (sulfide) groups is 1. The first-order valence-corrected chi connectivity index (χ1v) is 8.00. The molecule has 0 fully saturated rings. The van der Waals surface area contributed by atoms with Crippen LogP contribution in [0.4, 0.5) is 5.69 Å². The standard InChI is InChI=1S/C16H15N3O4S/c1-9(18)10(7-17)12(20)8-23-15(21)6-14-16(22)19-11-4-2-3-5-13(11)24-14/h2-5,10,14,18H,6,8H2,1H3,(H,19,22)/t10?,14-/m0/s1. The molecule has 1 aliphatic rings. The van der Waals surface area contributed by atoms with Crippen molar-refractivity contribution >= 4 is 40.8 Å². The first kappa shape index (κ1) is 17.7. The summed E-state index contributed by atoms with van der Waals surface area (Å²) >= 11 is 1.26. The third kappa shape index (κ3) is 4.20. The molecule has 1 amide bonds. The summed E-state index contributed by atoms with van der Waals surface area (Å²) in [6.45, 7) is 0.761. The second-order valence-electron chi connectivity index (χ2n) is 5.17. The molecule has 0 radical (unpaired) electrons. The molecule has 0 bridgehead atoms. The molecule has 1 aliphatic heterocycles. The van der Waals surface area contributed by atoms with Crippen molar-refractivity contribution in [3.63, 3.8) is 0 Å². The summed E-state index contributed by atoms with van der Waals surface area (Å²) in [6.07, 6.45) is -0.182. The maximum atomic E-state index is 12.0. The average Bonchev–Trinajstić information content (AvgIpc) is 2.54. The van der Waals surface area contributed by atoms with Gasteiger partial charge in [0.1, 0.15) is 5.92 Å². The molecule has 2 rings (SSSR count). The number of hydrogen-bond donors (Lipinski definition) is 2. The van der Waals surface area contributed by atoms with Crippen molar-refractivity contribution in [1.82, 2.24) is 0 Å². The van der Waals surface area contributed by atoms with Gasteiger partial charge in [0.15, 0.2) is 12.4 Å². The number of esters is 1. The Balaban J connectivity index is 1.89. The zero-order chi connectivity index (χ0) is 17.7. The summed E-state index contributed by atoms with van der Waals surface area (Å²) in [5.41, 5.74) is 0.600. The molecule has 0 aliphatic carbocycles. The van der Waals surface area contributed by atoms with Crippen LogP contribution in [0.5, 0.6) is 0 Å². The molecule has 0 saturated heterocycles. The maximum Gasteiger partial charge on any atom is 0.307 e. The summed E-state index contributed by atoms with van der Waals surface area (Å²) in [6, 6.07) is 8.94. The fourth-order valence-corrected chi connectivity index (χ4v) is 3.18. The number of carbonyl (C=O) groups excluding carboxylic acids is 3. The van der Waals surface area contributed by atoms with Gasteiger partial charge in [-0.25, -0.2) is 0 Å². The van der Waals surface area contributed by atoms with Gasteiger partial charge in [-0.2, -0.15) is 5.26 Å². The lowest BCUT2D eigenvalue weighted by Gasteiger charge is -2.23. The van der Waals surface area contributed by atoms with Gasteiger partial charge in [-0.15, -0.1) is 11.8 Å². The van der Waals surface area contributed by atoms with E-state index in [0.717, 1.165) is 4.90 Å². The van der Waals surface area contributed by atoms with E-state index in [9.17, 15) is 14.4 Å². The molecule has 0 saturated carbocycles. The molecule has 1 aromatic carbocycles. The molecular weight excluding hydrogens is 330 g/mol. The van der Waals surface area contributed by atoms with E-state index in [-0.39, 0.29) is 18.0 Å². The van der Waals surface area contributed by atoms with E-state index in [1.165, 1.54) is 18.7 Å². The number of carbonyl (C=O) groups is 3.